The summed E-state index contributed by atoms with van der Waals surface area (Å²) in [6.07, 6.45) is 2.02. The van der Waals surface area contributed by atoms with Gasteiger partial charge in [0.15, 0.2) is 5.13 Å². The lowest BCUT2D eigenvalue weighted by Gasteiger charge is -2.46. The fraction of sp³-hybridized carbons (Fsp3) is 0.438. The van der Waals surface area contributed by atoms with Gasteiger partial charge in [0.25, 0.3) is 0 Å². The van der Waals surface area contributed by atoms with Crippen LogP contribution in [0, 0.1) is 13.8 Å². The topological polar surface area (TPSA) is 51.4 Å². The summed E-state index contributed by atoms with van der Waals surface area (Å²) in [6, 6.07) is 4.19. The number of thiazole rings is 1. The van der Waals surface area contributed by atoms with Crippen LogP contribution in [0.2, 0.25) is 0 Å². The molecule has 2 N–H and O–H groups in total. The average Bonchev–Trinajstić information content (AvgIpc) is 2.94. The number of anilines is 2. The number of benzene rings is 1. The number of aryl methyl sites for hydroxylation is 1. The van der Waals surface area contributed by atoms with Crippen LogP contribution in [0.5, 0.6) is 0 Å². The van der Waals surface area contributed by atoms with Crippen LogP contribution in [-0.4, -0.2) is 30.3 Å². The molecule has 0 saturated carbocycles. The first-order chi connectivity index (χ1) is 10.1. The summed E-state index contributed by atoms with van der Waals surface area (Å²) in [7, 11) is 0. The van der Waals surface area contributed by atoms with Gasteiger partial charge in [0, 0.05) is 36.1 Å². The van der Waals surface area contributed by atoms with E-state index in [1.165, 1.54) is 12.0 Å². The molecule has 110 valence electrons. The largest absolute Gasteiger partial charge is 0.398 e. The Hall–Kier alpha value is -1.59. The van der Waals surface area contributed by atoms with Crippen LogP contribution in [-0.2, 0) is 4.74 Å². The lowest BCUT2D eigenvalue weighted by Crippen LogP contribution is -2.57. The molecule has 4 nitrogen and oxygen atoms in total. The van der Waals surface area contributed by atoms with Crippen LogP contribution in [0.3, 0.4) is 0 Å². The lowest BCUT2D eigenvalue weighted by atomic mass is 9.99. The molecule has 4 heterocycles. The number of hydrogen-bond donors (Lipinski definition) is 1. The predicted octanol–water partition coefficient (Wildman–Crippen LogP) is 2.99. The Morgan fingerprint density at radius 1 is 1.29 bits per heavy atom. The van der Waals surface area contributed by atoms with E-state index in [1.54, 1.807) is 11.3 Å². The number of ether oxygens (including phenoxy) is 1. The van der Waals surface area contributed by atoms with E-state index in [1.807, 2.05) is 0 Å². The van der Waals surface area contributed by atoms with Crippen LogP contribution in [0.15, 0.2) is 17.5 Å². The third-order valence-corrected chi connectivity index (χ3v) is 5.48. The zero-order chi connectivity index (χ0) is 14.6. The van der Waals surface area contributed by atoms with E-state index < -0.39 is 0 Å². The highest BCUT2D eigenvalue weighted by Crippen LogP contribution is 2.36. The minimum absolute atomic E-state index is 0.405. The van der Waals surface area contributed by atoms with Crippen LogP contribution < -0.4 is 10.6 Å². The highest BCUT2D eigenvalue weighted by molar-refractivity contribution is 7.14. The number of rotatable bonds is 2. The summed E-state index contributed by atoms with van der Waals surface area (Å²) in [5, 5.41) is 3.19. The average molecular weight is 301 g/mol. The highest BCUT2D eigenvalue weighted by Gasteiger charge is 2.39. The number of morpholine rings is 1. The zero-order valence-electron chi connectivity index (χ0n) is 12.3. The van der Waals surface area contributed by atoms with Crippen molar-refractivity contribution in [3.05, 3.63) is 28.6 Å². The van der Waals surface area contributed by atoms with E-state index in [0.717, 1.165) is 40.7 Å². The van der Waals surface area contributed by atoms with Crippen molar-refractivity contribution in [3.63, 3.8) is 0 Å². The molecular weight excluding hydrogens is 282 g/mol. The number of nitrogen functional groups attached to an aromatic ring is 1. The molecule has 2 bridgehead atoms. The molecule has 1 aromatic heterocycles. The Kier molecular flexibility index (Phi) is 2.94. The second kappa shape index (κ2) is 4.71. The van der Waals surface area contributed by atoms with E-state index in [2.05, 4.69) is 36.3 Å². The van der Waals surface area contributed by atoms with Crippen molar-refractivity contribution in [3.8, 4) is 11.3 Å². The number of hydrogen-bond acceptors (Lipinski definition) is 5. The summed E-state index contributed by atoms with van der Waals surface area (Å²) in [5.41, 5.74) is 11.5. The molecule has 0 amide bonds. The number of piperidine rings is 1. The van der Waals surface area contributed by atoms with Crippen molar-refractivity contribution >= 4 is 22.2 Å². The molecule has 0 spiro atoms. The van der Waals surface area contributed by atoms with Gasteiger partial charge in [-0.3, -0.25) is 0 Å². The monoisotopic (exact) mass is 301 g/mol. The molecule has 1 aromatic carbocycles. The molecule has 3 aliphatic rings. The third kappa shape index (κ3) is 2.12. The van der Waals surface area contributed by atoms with Gasteiger partial charge in [-0.1, -0.05) is 12.1 Å². The lowest BCUT2D eigenvalue weighted by molar-refractivity contribution is -0.133. The van der Waals surface area contributed by atoms with Gasteiger partial charge in [0.1, 0.15) is 0 Å². The van der Waals surface area contributed by atoms with Gasteiger partial charge in [-0.05, 0) is 25.0 Å². The van der Waals surface area contributed by atoms with E-state index in [4.69, 9.17) is 15.5 Å². The first-order valence-electron chi connectivity index (χ1n) is 7.34. The SMILES string of the molecule is Cc1ccc(-c2csc(N3CC4CC(C3)O4)n2)c(N)c1C. The van der Waals surface area contributed by atoms with Crippen molar-refractivity contribution in [2.75, 3.05) is 23.7 Å². The predicted molar refractivity (Wildman–Crippen MR) is 86.9 cm³/mol. The summed E-state index contributed by atoms with van der Waals surface area (Å²) in [4.78, 5) is 7.14. The Bertz CT molecular complexity index is 681. The van der Waals surface area contributed by atoms with Gasteiger partial charge >= 0.3 is 0 Å². The molecule has 3 saturated heterocycles. The van der Waals surface area contributed by atoms with Crippen LogP contribution >= 0.6 is 11.3 Å². The summed E-state index contributed by atoms with van der Waals surface area (Å²) in [5.74, 6) is 0. The van der Waals surface area contributed by atoms with Gasteiger partial charge in [-0.15, -0.1) is 11.3 Å². The molecule has 5 rings (SSSR count). The van der Waals surface area contributed by atoms with E-state index in [0.29, 0.717) is 12.2 Å². The fourth-order valence-corrected chi connectivity index (χ4v) is 3.95. The van der Waals surface area contributed by atoms with Gasteiger partial charge in [0.05, 0.1) is 17.9 Å². The Morgan fingerprint density at radius 2 is 2.00 bits per heavy atom. The summed E-state index contributed by atoms with van der Waals surface area (Å²) >= 11 is 1.70. The van der Waals surface area contributed by atoms with Gasteiger partial charge in [-0.25, -0.2) is 4.98 Å². The molecule has 3 fully saturated rings. The summed E-state index contributed by atoms with van der Waals surface area (Å²) < 4.78 is 5.68. The molecule has 2 atom stereocenters. The molecule has 0 aliphatic carbocycles. The van der Waals surface area contributed by atoms with E-state index >= 15 is 0 Å². The number of nitrogens with two attached hydrogens (primary N) is 1. The maximum atomic E-state index is 6.26. The minimum Gasteiger partial charge on any atom is -0.398 e. The van der Waals surface area contributed by atoms with Crippen molar-refractivity contribution in [2.45, 2.75) is 32.5 Å². The van der Waals surface area contributed by atoms with Crippen LogP contribution in [0.4, 0.5) is 10.8 Å². The van der Waals surface area contributed by atoms with Gasteiger partial charge < -0.3 is 15.4 Å². The standard InChI is InChI=1S/C16H19N3OS/c1-9-3-4-13(15(17)10(9)2)14-8-21-16(18-14)19-6-11-5-12(7-19)20-11/h3-4,8,11-12H,5-7,17H2,1-2H3. The molecular formula is C16H19N3OS. The van der Waals surface area contributed by atoms with Gasteiger partial charge in [-0.2, -0.15) is 0 Å². The maximum absolute atomic E-state index is 6.26. The molecule has 5 heteroatoms. The third-order valence-electron chi connectivity index (χ3n) is 4.58. The Labute approximate surface area is 128 Å². The molecule has 2 aromatic rings. The smallest absolute Gasteiger partial charge is 0.186 e. The van der Waals surface area contributed by atoms with E-state index in [9.17, 15) is 0 Å². The van der Waals surface area contributed by atoms with Crippen LogP contribution in [0.25, 0.3) is 11.3 Å². The second-order valence-electron chi connectivity index (χ2n) is 6.00. The van der Waals surface area contributed by atoms with Crippen molar-refractivity contribution in [2.24, 2.45) is 0 Å². The van der Waals surface area contributed by atoms with Crippen LogP contribution in [0.1, 0.15) is 17.5 Å². The zero-order valence-corrected chi connectivity index (χ0v) is 13.1. The first-order valence-corrected chi connectivity index (χ1v) is 8.22. The van der Waals surface area contributed by atoms with E-state index in [-0.39, 0.29) is 0 Å². The number of nitrogens with zero attached hydrogens (tertiary/aromatic N) is 2. The van der Waals surface area contributed by atoms with Crippen molar-refractivity contribution in [1.82, 2.24) is 4.98 Å². The Balaban J connectivity index is 1.64. The molecule has 0 radical (unpaired) electrons. The number of fused-ring (bicyclic) bond motifs is 2. The fourth-order valence-electron chi connectivity index (χ4n) is 3.11. The molecule has 21 heavy (non-hydrogen) atoms. The minimum atomic E-state index is 0.405. The Morgan fingerprint density at radius 3 is 2.71 bits per heavy atom. The van der Waals surface area contributed by atoms with Crippen molar-refractivity contribution < 1.29 is 4.74 Å². The van der Waals surface area contributed by atoms with Gasteiger partial charge in [0.2, 0.25) is 0 Å². The quantitative estimate of drug-likeness (QED) is 0.866. The number of aromatic nitrogens is 1. The molecule has 2 unspecified atom stereocenters. The first kappa shape index (κ1) is 13.1. The maximum Gasteiger partial charge on any atom is 0.186 e. The summed E-state index contributed by atoms with van der Waals surface area (Å²) in [6.45, 7) is 6.08. The normalized spacial score (nSPS) is 24.0. The van der Waals surface area contributed by atoms with Crippen molar-refractivity contribution in [1.29, 1.82) is 0 Å². The second-order valence-corrected chi connectivity index (χ2v) is 6.84. The molecule has 3 aliphatic heterocycles. The highest BCUT2D eigenvalue weighted by atomic mass is 32.1.